The predicted molar refractivity (Wildman–Crippen MR) is 128 cm³/mol. The van der Waals surface area contributed by atoms with Crippen LogP contribution in [0.15, 0.2) is 67.0 Å². The number of carbonyl (C=O) groups excluding carboxylic acids is 2. The fourth-order valence-corrected chi connectivity index (χ4v) is 3.56. The van der Waals surface area contributed by atoms with Crippen LogP contribution in [0, 0.1) is 0 Å². The van der Waals surface area contributed by atoms with Crippen LogP contribution in [-0.4, -0.2) is 35.9 Å². The highest BCUT2D eigenvalue weighted by Crippen LogP contribution is 2.33. The topological polar surface area (TPSA) is 107 Å². The number of H-pyrrole nitrogens is 1. The summed E-state index contributed by atoms with van der Waals surface area (Å²) < 4.78 is 0. The van der Waals surface area contributed by atoms with E-state index >= 15 is 0 Å². The van der Waals surface area contributed by atoms with Gasteiger partial charge in [-0.1, -0.05) is 12.1 Å². The minimum atomic E-state index is -0.554. The van der Waals surface area contributed by atoms with Crippen molar-refractivity contribution in [1.29, 1.82) is 0 Å². The minimum Gasteiger partial charge on any atom is -0.365 e. The van der Waals surface area contributed by atoms with E-state index in [1.165, 1.54) is 13.1 Å². The molecule has 2 heterocycles. The molecule has 0 saturated carbocycles. The molecule has 0 spiro atoms. The van der Waals surface area contributed by atoms with Crippen molar-refractivity contribution in [2.24, 2.45) is 5.73 Å². The van der Waals surface area contributed by atoms with Gasteiger partial charge in [0.15, 0.2) is 0 Å². The number of para-hydroxylation sites is 1. The van der Waals surface area contributed by atoms with Gasteiger partial charge in [-0.05, 0) is 36.4 Å². The maximum absolute atomic E-state index is 12.1. The number of primary amides is 1. The van der Waals surface area contributed by atoms with Crippen molar-refractivity contribution < 1.29 is 9.59 Å². The van der Waals surface area contributed by atoms with Crippen molar-refractivity contribution in [3.63, 3.8) is 0 Å². The Balaban J connectivity index is 1.67. The van der Waals surface area contributed by atoms with Crippen molar-refractivity contribution in [3.8, 4) is 0 Å². The number of hydrogen-bond donors (Lipinski definition) is 3. The van der Waals surface area contributed by atoms with Gasteiger partial charge in [0.05, 0.1) is 22.5 Å². The van der Waals surface area contributed by atoms with Crippen molar-refractivity contribution >= 4 is 51.3 Å². The SMILES string of the molecule is CC(=O)N(C)c1ccc(Nc2cc(N(C)c3cccc4cc[nH]c34)c(C(N)=O)cn2)cc1. The second kappa shape index (κ2) is 8.43. The number of aromatic nitrogens is 2. The van der Waals surface area contributed by atoms with E-state index in [2.05, 4.69) is 15.3 Å². The predicted octanol–water partition coefficient (Wildman–Crippen LogP) is 4.16. The maximum atomic E-state index is 12.1. The zero-order valence-electron chi connectivity index (χ0n) is 18.1. The van der Waals surface area contributed by atoms with Crippen LogP contribution in [-0.2, 0) is 4.79 Å². The highest BCUT2D eigenvalue weighted by atomic mass is 16.2. The van der Waals surface area contributed by atoms with Crippen LogP contribution in [0.2, 0.25) is 0 Å². The molecule has 0 saturated heterocycles. The summed E-state index contributed by atoms with van der Waals surface area (Å²) in [7, 11) is 3.61. The van der Waals surface area contributed by atoms with Crippen LogP contribution in [0.4, 0.5) is 28.6 Å². The summed E-state index contributed by atoms with van der Waals surface area (Å²) in [5, 5.41) is 4.31. The first kappa shape index (κ1) is 20.9. The number of nitrogens with one attached hydrogen (secondary N) is 2. The molecule has 4 aromatic rings. The van der Waals surface area contributed by atoms with Gasteiger partial charge in [-0.15, -0.1) is 0 Å². The number of rotatable bonds is 6. The average Bonchev–Trinajstić information content (AvgIpc) is 3.27. The Hall–Kier alpha value is -4.33. The molecule has 0 aliphatic carbocycles. The molecule has 0 unspecified atom stereocenters. The van der Waals surface area contributed by atoms with Gasteiger partial charge in [0.25, 0.3) is 5.91 Å². The maximum Gasteiger partial charge on any atom is 0.252 e. The number of benzene rings is 2. The number of carbonyl (C=O) groups is 2. The van der Waals surface area contributed by atoms with Gasteiger partial charge >= 0.3 is 0 Å². The second-order valence-corrected chi connectivity index (χ2v) is 7.48. The van der Waals surface area contributed by atoms with E-state index in [-0.39, 0.29) is 5.91 Å². The lowest BCUT2D eigenvalue weighted by molar-refractivity contribution is -0.116. The Morgan fingerprint density at radius 3 is 2.47 bits per heavy atom. The molecule has 8 nitrogen and oxygen atoms in total. The first-order valence-electron chi connectivity index (χ1n) is 10.1. The number of hydrogen-bond acceptors (Lipinski definition) is 5. The molecule has 4 N–H and O–H groups in total. The van der Waals surface area contributed by atoms with Gasteiger partial charge < -0.3 is 25.8 Å². The zero-order chi connectivity index (χ0) is 22.8. The lowest BCUT2D eigenvalue weighted by Gasteiger charge is -2.23. The number of nitrogens with zero attached hydrogens (tertiary/aromatic N) is 3. The van der Waals surface area contributed by atoms with Crippen molar-refractivity contribution in [2.75, 3.05) is 29.2 Å². The fourth-order valence-electron chi connectivity index (χ4n) is 3.56. The number of anilines is 5. The molecule has 8 heteroatoms. The van der Waals surface area contributed by atoms with E-state index in [1.807, 2.05) is 66.7 Å². The van der Waals surface area contributed by atoms with Crippen LogP contribution < -0.4 is 20.9 Å². The molecule has 2 aromatic heterocycles. The summed E-state index contributed by atoms with van der Waals surface area (Å²) in [4.78, 5) is 34.7. The van der Waals surface area contributed by atoms with Crippen LogP contribution in [0.25, 0.3) is 10.9 Å². The van der Waals surface area contributed by atoms with Gasteiger partial charge in [-0.25, -0.2) is 4.98 Å². The number of pyridine rings is 1. The van der Waals surface area contributed by atoms with Crippen molar-refractivity contribution in [2.45, 2.75) is 6.92 Å². The van der Waals surface area contributed by atoms with E-state index < -0.39 is 5.91 Å². The van der Waals surface area contributed by atoms with Gasteiger partial charge in [0, 0.05) is 56.2 Å². The number of aromatic amines is 1. The lowest BCUT2D eigenvalue weighted by atomic mass is 10.1. The first-order chi connectivity index (χ1) is 15.3. The molecule has 0 radical (unpaired) electrons. The largest absolute Gasteiger partial charge is 0.365 e. The Morgan fingerprint density at radius 1 is 1.03 bits per heavy atom. The molecule has 2 aromatic carbocycles. The Kier molecular flexibility index (Phi) is 5.51. The summed E-state index contributed by atoms with van der Waals surface area (Å²) >= 11 is 0. The summed E-state index contributed by atoms with van der Waals surface area (Å²) in [6, 6.07) is 17.2. The highest BCUT2D eigenvalue weighted by molar-refractivity contribution is 6.02. The molecule has 162 valence electrons. The number of fused-ring (bicyclic) bond motifs is 1. The van der Waals surface area contributed by atoms with Crippen LogP contribution in [0.5, 0.6) is 0 Å². The molecule has 0 bridgehead atoms. The van der Waals surface area contributed by atoms with Gasteiger partial charge in [0.2, 0.25) is 5.91 Å². The molecular weight excluding hydrogens is 404 g/mol. The van der Waals surface area contributed by atoms with E-state index in [9.17, 15) is 9.59 Å². The third-order valence-corrected chi connectivity index (χ3v) is 5.43. The molecule has 0 aliphatic heterocycles. The van der Waals surface area contributed by atoms with Gasteiger partial charge in [-0.3, -0.25) is 9.59 Å². The fraction of sp³-hybridized carbons (Fsp3) is 0.125. The summed E-state index contributed by atoms with van der Waals surface area (Å²) in [5.74, 6) is -0.0384. The van der Waals surface area contributed by atoms with E-state index in [0.717, 1.165) is 28.0 Å². The molecule has 0 fully saturated rings. The second-order valence-electron chi connectivity index (χ2n) is 7.48. The van der Waals surface area contributed by atoms with E-state index in [1.54, 1.807) is 18.0 Å². The third-order valence-electron chi connectivity index (χ3n) is 5.43. The molecular formula is C24H24N6O2. The Morgan fingerprint density at radius 2 is 1.78 bits per heavy atom. The molecule has 32 heavy (non-hydrogen) atoms. The van der Waals surface area contributed by atoms with Gasteiger partial charge in [-0.2, -0.15) is 0 Å². The summed E-state index contributed by atoms with van der Waals surface area (Å²) in [5.41, 5.74) is 10.0. The molecule has 0 atom stereocenters. The smallest absolute Gasteiger partial charge is 0.252 e. The first-order valence-corrected chi connectivity index (χ1v) is 10.1. The standard InChI is InChI=1S/C24H24N6O2/c1-15(31)29(2)18-9-7-17(8-10-18)28-22-13-21(19(14-27-22)24(25)32)30(3)20-6-4-5-16-11-12-26-23(16)20/h4-14,26H,1-3H3,(H2,25,32)(H,27,28). The average molecular weight is 428 g/mol. The van der Waals surface area contributed by atoms with E-state index in [0.29, 0.717) is 17.1 Å². The monoisotopic (exact) mass is 428 g/mol. The van der Waals surface area contributed by atoms with E-state index in [4.69, 9.17) is 5.73 Å². The normalized spacial score (nSPS) is 10.7. The van der Waals surface area contributed by atoms with Crippen LogP contribution >= 0.6 is 0 Å². The van der Waals surface area contributed by atoms with Crippen LogP contribution in [0.3, 0.4) is 0 Å². The quantitative estimate of drug-likeness (QED) is 0.428. The summed E-state index contributed by atoms with van der Waals surface area (Å²) in [6.45, 7) is 1.52. The number of nitrogens with two attached hydrogens (primary N) is 1. The lowest BCUT2D eigenvalue weighted by Crippen LogP contribution is -2.22. The molecule has 4 rings (SSSR count). The Bertz CT molecular complexity index is 1300. The third kappa shape index (κ3) is 3.98. The van der Waals surface area contributed by atoms with Crippen LogP contribution in [0.1, 0.15) is 17.3 Å². The summed E-state index contributed by atoms with van der Waals surface area (Å²) in [6.07, 6.45) is 3.35. The zero-order valence-corrected chi connectivity index (χ0v) is 18.1. The minimum absolute atomic E-state index is 0.0424. The molecule has 2 amide bonds. The van der Waals surface area contributed by atoms with Crippen molar-refractivity contribution in [3.05, 3.63) is 72.6 Å². The molecule has 0 aliphatic rings. The van der Waals surface area contributed by atoms with Gasteiger partial charge in [0.1, 0.15) is 5.82 Å². The number of amides is 2. The highest BCUT2D eigenvalue weighted by Gasteiger charge is 2.17. The van der Waals surface area contributed by atoms with Crippen molar-refractivity contribution in [1.82, 2.24) is 9.97 Å². The Labute approximate surface area is 185 Å².